The third kappa shape index (κ3) is 1.36. The first-order valence-electron chi connectivity index (χ1n) is 3.29. The average molecular weight is 153 g/mol. The van der Waals surface area contributed by atoms with E-state index in [0.717, 1.165) is 0 Å². The van der Waals surface area contributed by atoms with Gasteiger partial charge >= 0.3 is 0 Å². The summed E-state index contributed by atoms with van der Waals surface area (Å²) in [6.45, 7) is 2.71. The molecule has 0 amide bonds. The number of aryl methyl sites for hydroxylation is 1. The molecular weight excluding hydrogens is 141 g/mol. The monoisotopic (exact) mass is 153 g/mol. The second-order valence-electron chi connectivity index (χ2n) is 2.35. The van der Waals surface area contributed by atoms with Crippen LogP contribution in [0.25, 0.3) is 0 Å². The zero-order valence-corrected chi connectivity index (χ0v) is 7.25. The molecule has 0 aromatic heterocycles. The lowest BCUT2D eigenvalue weighted by Crippen LogP contribution is -2.09. The molecule has 0 heterocycles. The van der Waals surface area contributed by atoms with Crippen LogP contribution in [0.2, 0.25) is 0 Å². The van der Waals surface area contributed by atoms with E-state index in [1.807, 2.05) is 6.07 Å². The van der Waals surface area contributed by atoms with Gasteiger partial charge in [-0.05, 0) is 23.4 Å². The minimum absolute atomic E-state index is 0.630. The molecule has 1 aromatic rings. The molecule has 1 nitrogen and oxygen atoms in total. The molecule has 0 fully saturated rings. The fourth-order valence-corrected chi connectivity index (χ4v) is 1.46. The second kappa shape index (κ2) is 3.14. The van der Waals surface area contributed by atoms with E-state index < -0.39 is 0 Å². The molecule has 54 valence electrons. The lowest BCUT2D eigenvalue weighted by atomic mass is 10.1. The van der Waals surface area contributed by atoms with Crippen molar-refractivity contribution in [1.29, 1.82) is 0 Å². The van der Waals surface area contributed by atoms with Crippen molar-refractivity contribution < 1.29 is 0 Å². The van der Waals surface area contributed by atoms with Crippen molar-refractivity contribution in [3.05, 3.63) is 29.3 Å². The summed E-state index contributed by atoms with van der Waals surface area (Å²) in [7, 11) is 2.69. The van der Waals surface area contributed by atoms with Crippen molar-refractivity contribution in [2.24, 2.45) is 5.73 Å². The smallest absolute Gasteiger partial charge is 0.0186 e. The third-order valence-electron chi connectivity index (χ3n) is 1.65. The van der Waals surface area contributed by atoms with Crippen molar-refractivity contribution in [3.8, 4) is 0 Å². The Morgan fingerprint density at radius 1 is 1.50 bits per heavy atom. The van der Waals surface area contributed by atoms with Gasteiger partial charge in [0.2, 0.25) is 0 Å². The Hall–Kier alpha value is -0.390. The molecule has 0 spiro atoms. The summed E-state index contributed by atoms with van der Waals surface area (Å²) in [5.41, 5.74) is 8.05. The van der Waals surface area contributed by atoms with Gasteiger partial charge in [-0.15, -0.1) is 9.24 Å². The van der Waals surface area contributed by atoms with Crippen molar-refractivity contribution in [3.63, 3.8) is 0 Å². The summed E-state index contributed by atoms with van der Waals surface area (Å²) in [5, 5.41) is 1.21. The fraction of sp³-hybridized carbons (Fsp3) is 0.250. The van der Waals surface area contributed by atoms with Gasteiger partial charge in [-0.2, -0.15) is 0 Å². The largest absolute Gasteiger partial charge is 0.326 e. The van der Waals surface area contributed by atoms with Gasteiger partial charge in [-0.3, -0.25) is 0 Å². The van der Waals surface area contributed by atoms with E-state index in [1.165, 1.54) is 16.4 Å². The van der Waals surface area contributed by atoms with Crippen molar-refractivity contribution >= 4 is 14.5 Å². The zero-order chi connectivity index (χ0) is 7.56. The highest BCUT2D eigenvalue weighted by molar-refractivity contribution is 7.27. The summed E-state index contributed by atoms with van der Waals surface area (Å²) in [6, 6.07) is 6.17. The van der Waals surface area contributed by atoms with Gasteiger partial charge in [0.05, 0.1) is 0 Å². The van der Waals surface area contributed by atoms with Crippen LogP contribution in [0.3, 0.4) is 0 Å². The quantitative estimate of drug-likeness (QED) is 0.597. The maximum absolute atomic E-state index is 5.54. The molecule has 1 atom stereocenters. The molecule has 0 aliphatic heterocycles. The van der Waals surface area contributed by atoms with Crippen LogP contribution < -0.4 is 11.0 Å². The lowest BCUT2D eigenvalue weighted by molar-refractivity contribution is 1.06. The summed E-state index contributed by atoms with van der Waals surface area (Å²) < 4.78 is 0. The molecule has 0 aliphatic rings. The summed E-state index contributed by atoms with van der Waals surface area (Å²) in [6.07, 6.45) is 0. The Balaban J connectivity index is 3.17. The highest BCUT2D eigenvalue weighted by Gasteiger charge is 1.96. The Kier molecular flexibility index (Phi) is 2.42. The van der Waals surface area contributed by atoms with Crippen LogP contribution in [-0.4, -0.2) is 0 Å². The first-order valence-corrected chi connectivity index (χ1v) is 3.87. The fourth-order valence-electron chi connectivity index (χ4n) is 1.00. The lowest BCUT2D eigenvalue weighted by Gasteiger charge is -2.04. The van der Waals surface area contributed by atoms with E-state index in [1.54, 1.807) is 0 Å². The summed E-state index contributed by atoms with van der Waals surface area (Å²) in [4.78, 5) is 0. The molecule has 1 aromatic carbocycles. The zero-order valence-electron chi connectivity index (χ0n) is 6.09. The Morgan fingerprint density at radius 2 is 2.20 bits per heavy atom. The van der Waals surface area contributed by atoms with E-state index in [0.29, 0.717) is 6.54 Å². The number of hydrogen-bond acceptors (Lipinski definition) is 1. The molecule has 10 heavy (non-hydrogen) atoms. The molecule has 0 radical (unpaired) electrons. The maximum Gasteiger partial charge on any atom is 0.0186 e. The average Bonchev–Trinajstić information content (AvgIpc) is 1.88. The molecule has 2 heteroatoms. The van der Waals surface area contributed by atoms with Crippen LogP contribution in [0.5, 0.6) is 0 Å². The Labute approximate surface area is 63.8 Å². The van der Waals surface area contributed by atoms with Gasteiger partial charge in [0.1, 0.15) is 0 Å². The Morgan fingerprint density at radius 3 is 2.60 bits per heavy atom. The van der Waals surface area contributed by atoms with Crippen LogP contribution in [0.1, 0.15) is 11.1 Å². The molecule has 0 saturated heterocycles. The van der Waals surface area contributed by atoms with E-state index >= 15 is 0 Å². The minimum atomic E-state index is 0.630. The van der Waals surface area contributed by atoms with Crippen LogP contribution in [0.15, 0.2) is 18.2 Å². The molecular formula is C8H12NP. The van der Waals surface area contributed by atoms with Gasteiger partial charge in [-0.1, -0.05) is 18.2 Å². The molecule has 0 saturated carbocycles. The van der Waals surface area contributed by atoms with Gasteiger partial charge in [0.15, 0.2) is 0 Å². The third-order valence-corrected chi connectivity index (χ3v) is 2.19. The topological polar surface area (TPSA) is 26.0 Å². The highest BCUT2D eigenvalue weighted by Crippen LogP contribution is 2.05. The van der Waals surface area contributed by atoms with Gasteiger partial charge < -0.3 is 5.73 Å². The van der Waals surface area contributed by atoms with Crippen molar-refractivity contribution in [1.82, 2.24) is 0 Å². The SMILES string of the molecule is Cc1cccc(P)c1CN. The molecule has 1 rings (SSSR count). The second-order valence-corrected chi connectivity index (χ2v) is 2.97. The normalized spacial score (nSPS) is 9.90. The number of rotatable bonds is 1. The first-order chi connectivity index (χ1) is 4.75. The predicted molar refractivity (Wildman–Crippen MR) is 48.4 cm³/mol. The number of nitrogens with two attached hydrogens (primary N) is 1. The van der Waals surface area contributed by atoms with E-state index in [-0.39, 0.29) is 0 Å². The van der Waals surface area contributed by atoms with E-state index in [2.05, 4.69) is 28.3 Å². The molecule has 2 N–H and O–H groups in total. The van der Waals surface area contributed by atoms with Crippen LogP contribution in [-0.2, 0) is 6.54 Å². The van der Waals surface area contributed by atoms with Gasteiger partial charge in [0.25, 0.3) is 0 Å². The minimum Gasteiger partial charge on any atom is -0.326 e. The summed E-state index contributed by atoms with van der Waals surface area (Å²) in [5.74, 6) is 0. The highest BCUT2D eigenvalue weighted by atomic mass is 31.0. The van der Waals surface area contributed by atoms with E-state index in [9.17, 15) is 0 Å². The van der Waals surface area contributed by atoms with Gasteiger partial charge in [-0.25, -0.2) is 0 Å². The standard InChI is InChI=1S/C8H12NP/c1-6-3-2-4-8(10)7(6)5-9/h2-4H,5,9-10H2,1H3. The maximum atomic E-state index is 5.54. The molecule has 0 bridgehead atoms. The van der Waals surface area contributed by atoms with E-state index in [4.69, 9.17) is 5.73 Å². The molecule has 0 aliphatic carbocycles. The van der Waals surface area contributed by atoms with Crippen LogP contribution in [0, 0.1) is 6.92 Å². The van der Waals surface area contributed by atoms with Crippen molar-refractivity contribution in [2.75, 3.05) is 0 Å². The number of benzene rings is 1. The first kappa shape index (κ1) is 7.71. The number of hydrogen-bond donors (Lipinski definition) is 1. The Bertz CT molecular complexity index is 212. The van der Waals surface area contributed by atoms with Gasteiger partial charge in [0, 0.05) is 6.54 Å². The van der Waals surface area contributed by atoms with Crippen LogP contribution >= 0.6 is 9.24 Å². The molecule has 1 unspecified atom stereocenters. The van der Waals surface area contributed by atoms with Crippen LogP contribution in [0.4, 0.5) is 0 Å². The predicted octanol–water partition coefficient (Wildman–Crippen LogP) is 0.954. The van der Waals surface area contributed by atoms with Crippen molar-refractivity contribution in [2.45, 2.75) is 13.5 Å². The summed E-state index contributed by atoms with van der Waals surface area (Å²) >= 11 is 0.